The summed E-state index contributed by atoms with van der Waals surface area (Å²) in [4.78, 5) is 9.94. The summed E-state index contributed by atoms with van der Waals surface area (Å²) < 4.78 is 67.8. The fourth-order valence-corrected chi connectivity index (χ4v) is 4.28. The first-order valence-electron chi connectivity index (χ1n) is 9.34. The molecule has 2 N–H and O–H groups in total. The number of halogens is 5. The minimum Gasteiger partial charge on any atom is -0.382 e. The fourth-order valence-electron chi connectivity index (χ4n) is 3.92. The van der Waals surface area contributed by atoms with Gasteiger partial charge >= 0.3 is 0 Å². The third kappa shape index (κ3) is 3.91. The van der Waals surface area contributed by atoms with E-state index in [0.29, 0.717) is 17.8 Å². The molecule has 1 saturated carbocycles. The molecule has 1 aromatic carbocycles. The minimum atomic E-state index is -2.20. The van der Waals surface area contributed by atoms with E-state index in [2.05, 4.69) is 15.8 Å². The smallest absolute Gasteiger partial charge is 0.200 e. The number of benzene rings is 1. The highest BCUT2D eigenvalue weighted by atomic mass is 32.1. The zero-order valence-electron chi connectivity index (χ0n) is 16.1. The predicted molar refractivity (Wildman–Crippen MR) is 104 cm³/mol. The molecule has 10 heteroatoms. The van der Waals surface area contributed by atoms with Gasteiger partial charge in [0.1, 0.15) is 0 Å². The number of nitrogens with zero attached hydrogens (tertiary/aromatic N) is 1. The maximum atomic E-state index is 13.9. The van der Waals surface area contributed by atoms with E-state index in [-0.39, 0.29) is 0 Å². The standard InChI is InChI=1S/C20H20F5N3OS/c1-26-19(30)20(11-5-4-8-27-9-11)7-3-2-6-13(20)28-29-10-12-14(21)16(23)18(25)17(24)15(12)22/h4-5,8-9,13,28H,2-3,6-7,10H2,1H3,(H,26,30). The van der Waals surface area contributed by atoms with Gasteiger partial charge in [-0.3, -0.25) is 9.82 Å². The summed E-state index contributed by atoms with van der Waals surface area (Å²) in [6.07, 6.45) is 6.33. The van der Waals surface area contributed by atoms with Gasteiger partial charge in [-0.1, -0.05) is 31.1 Å². The molecule has 1 aliphatic rings. The van der Waals surface area contributed by atoms with E-state index in [0.717, 1.165) is 18.4 Å². The second-order valence-electron chi connectivity index (χ2n) is 7.05. The molecule has 3 rings (SSSR count). The third-order valence-electron chi connectivity index (χ3n) is 5.46. The lowest BCUT2D eigenvalue weighted by atomic mass is 9.66. The van der Waals surface area contributed by atoms with Crippen LogP contribution < -0.4 is 10.8 Å². The van der Waals surface area contributed by atoms with Crippen molar-refractivity contribution in [3.05, 3.63) is 64.7 Å². The van der Waals surface area contributed by atoms with Crippen LogP contribution in [-0.2, 0) is 16.9 Å². The average molecular weight is 445 g/mol. The minimum absolute atomic E-state index is 0.406. The molecule has 2 unspecified atom stereocenters. The lowest BCUT2D eigenvalue weighted by molar-refractivity contribution is -0.0205. The lowest BCUT2D eigenvalue weighted by Gasteiger charge is -2.44. The topological polar surface area (TPSA) is 46.2 Å². The summed E-state index contributed by atoms with van der Waals surface area (Å²) in [6, 6.07) is 3.24. The summed E-state index contributed by atoms with van der Waals surface area (Å²) in [6.45, 7) is -0.849. The van der Waals surface area contributed by atoms with E-state index in [1.165, 1.54) is 0 Å². The second-order valence-corrected chi connectivity index (χ2v) is 7.45. The third-order valence-corrected chi connectivity index (χ3v) is 6.03. The Hall–Kier alpha value is -2.17. The largest absolute Gasteiger partial charge is 0.382 e. The monoisotopic (exact) mass is 445 g/mol. The van der Waals surface area contributed by atoms with E-state index < -0.39 is 52.7 Å². The molecule has 4 nitrogen and oxygen atoms in total. The Bertz CT molecular complexity index is 901. The van der Waals surface area contributed by atoms with Crippen LogP contribution in [0.4, 0.5) is 22.0 Å². The molecule has 0 radical (unpaired) electrons. The van der Waals surface area contributed by atoms with Crippen LogP contribution in [0.2, 0.25) is 0 Å². The van der Waals surface area contributed by atoms with Crippen LogP contribution in [0.1, 0.15) is 36.8 Å². The van der Waals surface area contributed by atoms with Crippen LogP contribution in [0, 0.1) is 29.1 Å². The molecule has 0 amide bonds. The van der Waals surface area contributed by atoms with Crippen LogP contribution in [-0.4, -0.2) is 23.1 Å². The van der Waals surface area contributed by atoms with Crippen molar-refractivity contribution in [2.24, 2.45) is 0 Å². The van der Waals surface area contributed by atoms with Gasteiger partial charge in [-0.25, -0.2) is 22.0 Å². The second kappa shape index (κ2) is 9.32. The molecule has 1 heterocycles. The van der Waals surface area contributed by atoms with Crippen molar-refractivity contribution < 1.29 is 26.8 Å². The van der Waals surface area contributed by atoms with Gasteiger partial charge in [-0.2, -0.15) is 5.48 Å². The summed E-state index contributed by atoms with van der Waals surface area (Å²) in [5.41, 5.74) is 1.85. The van der Waals surface area contributed by atoms with Gasteiger partial charge in [0.2, 0.25) is 5.82 Å². The van der Waals surface area contributed by atoms with Crippen LogP contribution in [0.25, 0.3) is 0 Å². The number of aromatic nitrogens is 1. The summed E-state index contributed by atoms with van der Waals surface area (Å²) >= 11 is 5.59. The number of hydrogen-bond acceptors (Lipinski definition) is 4. The summed E-state index contributed by atoms with van der Waals surface area (Å²) in [5.74, 6) is -10.1. The number of pyridine rings is 1. The van der Waals surface area contributed by atoms with Gasteiger partial charge in [0.25, 0.3) is 0 Å². The molecule has 0 aliphatic heterocycles. The first kappa shape index (κ1) is 22.5. The molecular formula is C20H20F5N3OS. The van der Waals surface area contributed by atoms with E-state index in [9.17, 15) is 22.0 Å². The van der Waals surface area contributed by atoms with Gasteiger partial charge in [-0.05, 0) is 24.5 Å². The fraction of sp³-hybridized carbons (Fsp3) is 0.400. The Morgan fingerprint density at radius 2 is 1.80 bits per heavy atom. The summed E-state index contributed by atoms with van der Waals surface area (Å²) in [5, 5.41) is 3.00. The highest BCUT2D eigenvalue weighted by Gasteiger charge is 2.46. The molecule has 1 aliphatic carbocycles. The maximum absolute atomic E-state index is 13.9. The van der Waals surface area contributed by atoms with Crippen molar-refractivity contribution >= 4 is 17.2 Å². The first-order valence-corrected chi connectivity index (χ1v) is 9.75. The summed E-state index contributed by atoms with van der Waals surface area (Å²) in [7, 11) is 1.70. The van der Waals surface area contributed by atoms with Crippen molar-refractivity contribution in [1.82, 2.24) is 15.8 Å². The first-order chi connectivity index (χ1) is 14.3. The average Bonchev–Trinajstić information content (AvgIpc) is 2.79. The molecule has 2 aromatic rings. The van der Waals surface area contributed by atoms with E-state index in [1.807, 2.05) is 6.07 Å². The molecule has 0 spiro atoms. The van der Waals surface area contributed by atoms with Crippen molar-refractivity contribution in [2.75, 3.05) is 7.05 Å². The maximum Gasteiger partial charge on any atom is 0.200 e. The zero-order valence-corrected chi connectivity index (χ0v) is 16.9. The Balaban J connectivity index is 1.86. The predicted octanol–water partition coefficient (Wildman–Crippen LogP) is 4.23. The van der Waals surface area contributed by atoms with Gasteiger partial charge in [0, 0.05) is 25.5 Å². The van der Waals surface area contributed by atoms with Crippen molar-refractivity contribution in [3.63, 3.8) is 0 Å². The molecular weight excluding hydrogens is 425 g/mol. The Kier molecular flexibility index (Phi) is 6.99. The number of nitrogens with one attached hydrogen (secondary N) is 2. The van der Waals surface area contributed by atoms with Crippen LogP contribution in [0.3, 0.4) is 0 Å². The van der Waals surface area contributed by atoms with Gasteiger partial charge < -0.3 is 5.32 Å². The SMILES string of the molecule is CNC(=S)C1(c2cccnc2)CCCCC1NOCc1c(F)c(F)c(F)c(F)c1F. The molecule has 0 saturated heterocycles. The van der Waals surface area contributed by atoms with E-state index >= 15 is 0 Å². The van der Waals surface area contributed by atoms with Crippen molar-refractivity contribution in [1.29, 1.82) is 0 Å². The highest BCUT2D eigenvalue weighted by Crippen LogP contribution is 2.40. The molecule has 2 atom stereocenters. The zero-order chi connectivity index (χ0) is 21.9. The van der Waals surface area contributed by atoms with Gasteiger partial charge in [0.05, 0.1) is 22.6 Å². The quantitative estimate of drug-likeness (QED) is 0.229. The van der Waals surface area contributed by atoms with E-state index in [4.69, 9.17) is 17.1 Å². The molecule has 30 heavy (non-hydrogen) atoms. The normalized spacial score (nSPS) is 21.5. The van der Waals surface area contributed by atoms with Crippen LogP contribution in [0.15, 0.2) is 24.5 Å². The highest BCUT2D eigenvalue weighted by molar-refractivity contribution is 7.80. The Morgan fingerprint density at radius 3 is 2.40 bits per heavy atom. The van der Waals surface area contributed by atoms with Gasteiger partial charge in [-0.15, -0.1) is 0 Å². The van der Waals surface area contributed by atoms with Crippen molar-refractivity contribution in [3.8, 4) is 0 Å². The lowest BCUT2D eigenvalue weighted by Crippen LogP contribution is -2.57. The molecule has 0 bridgehead atoms. The number of rotatable bonds is 6. The van der Waals surface area contributed by atoms with Crippen molar-refractivity contribution in [2.45, 2.75) is 43.7 Å². The van der Waals surface area contributed by atoms with Gasteiger partial charge in [0.15, 0.2) is 23.3 Å². The number of thiocarbonyl (C=S) groups is 1. The molecule has 1 aromatic heterocycles. The van der Waals surface area contributed by atoms with E-state index in [1.54, 1.807) is 25.5 Å². The Morgan fingerprint density at radius 1 is 1.13 bits per heavy atom. The van der Waals surface area contributed by atoms with Crippen LogP contribution >= 0.6 is 12.2 Å². The number of hydroxylamine groups is 1. The number of likely N-dealkylation sites (N-methyl/N-ethyl adjacent to an activating group) is 1. The number of hydrogen-bond donors (Lipinski definition) is 2. The molecule has 162 valence electrons. The Labute approximate surface area is 175 Å². The molecule has 1 fully saturated rings. The van der Waals surface area contributed by atoms with Crippen LogP contribution in [0.5, 0.6) is 0 Å².